The highest BCUT2D eigenvalue weighted by Crippen LogP contribution is 2.23. The fourth-order valence-electron chi connectivity index (χ4n) is 1.20. The molecule has 72 valence electrons. The molecule has 0 amide bonds. The van der Waals surface area contributed by atoms with Crippen LogP contribution in [-0.4, -0.2) is 17.0 Å². The van der Waals surface area contributed by atoms with Crippen molar-refractivity contribution in [1.82, 2.24) is 9.97 Å². The van der Waals surface area contributed by atoms with Gasteiger partial charge in [-0.1, -0.05) is 0 Å². The van der Waals surface area contributed by atoms with Crippen LogP contribution in [0.1, 0.15) is 4.88 Å². The SMILES string of the molecule is CNc1cncc(-c2csc(C)c2)n1. The standard InChI is InChI=1S/C10H11N3S/c1-7-3-8(6-14-7)9-4-12-5-10(11-2)13-9/h3-6H,1-2H3,(H,11,13). The van der Waals surface area contributed by atoms with Crippen LogP contribution in [0.3, 0.4) is 0 Å². The highest BCUT2D eigenvalue weighted by atomic mass is 32.1. The average molecular weight is 205 g/mol. The van der Waals surface area contributed by atoms with E-state index >= 15 is 0 Å². The Balaban J connectivity index is 2.41. The zero-order valence-corrected chi connectivity index (χ0v) is 8.93. The van der Waals surface area contributed by atoms with Crippen molar-refractivity contribution >= 4 is 17.2 Å². The van der Waals surface area contributed by atoms with Gasteiger partial charge in [-0.2, -0.15) is 0 Å². The molecule has 0 radical (unpaired) electrons. The normalized spacial score (nSPS) is 10.1. The van der Waals surface area contributed by atoms with Crippen molar-refractivity contribution in [2.75, 3.05) is 12.4 Å². The molecule has 0 saturated carbocycles. The van der Waals surface area contributed by atoms with Crippen LogP contribution >= 0.6 is 11.3 Å². The second-order valence-corrected chi connectivity index (χ2v) is 4.10. The van der Waals surface area contributed by atoms with Crippen LogP contribution in [0, 0.1) is 6.92 Å². The van der Waals surface area contributed by atoms with E-state index in [0.29, 0.717) is 0 Å². The Kier molecular flexibility index (Phi) is 2.45. The topological polar surface area (TPSA) is 37.8 Å². The van der Waals surface area contributed by atoms with E-state index < -0.39 is 0 Å². The maximum atomic E-state index is 4.41. The van der Waals surface area contributed by atoms with Gasteiger partial charge in [0.2, 0.25) is 0 Å². The number of hydrogen-bond donors (Lipinski definition) is 1. The third-order valence-corrected chi connectivity index (χ3v) is 2.78. The molecule has 0 spiro atoms. The Morgan fingerprint density at radius 1 is 1.36 bits per heavy atom. The monoisotopic (exact) mass is 205 g/mol. The fourth-order valence-corrected chi connectivity index (χ4v) is 1.90. The quantitative estimate of drug-likeness (QED) is 0.818. The van der Waals surface area contributed by atoms with Crippen LogP contribution in [0.4, 0.5) is 5.82 Å². The molecule has 4 heteroatoms. The first-order chi connectivity index (χ1) is 6.79. The predicted molar refractivity (Wildman–Crippen MR) is 59.6 cm³/mol. The summed E-state index contributed by atoms with van der Waals surface area (Å²) >= 11 is 1.72. The predicted octanol–water partition coefficient (Wildman–Crippen LogP) is 2.56. The summed E-state index contributed by atoms with van der Waals surface area (Å²) in [5, 5.41) is 5.07. The highest BCUT2D eigenvalue weighted by Gasteiger charge is 2.02. The van der Waals surface area contributed by atoms with Crippen LogP contribution in [0.2, 0.25) is 0 Å². The molecule has 2 rings (SSSR count). The zero-order valence-electron chi connectivity index (χ0n) is 8.11. The first kappa shape index (κ1) is 9.15. The molecule has 2 heterocycles. The number of rotatable bonds is 2. The van der Waals surface area contributed by atoms with E-state index in [4.69, 9.17) is 0 Å². The molecule has 1 N–H and O–H groups in total. The third-order valence-electron chi connectivity index (χ3n) is 1.92. The van der Waals surface area contributed by atoms with Gasteiger partial charge >= 0.3 is 0 Å². The van der Waals surface area contributed by atoms with Gasteiger partial charge in [0.15, 0.2) is 0 Å². The van der Waals surface area contributed by atoms with Crippen molar-refractivity contribution in [3.05, 3.63) is 28.7 Å². The number of hydrogen-bond acceptors (Lipinski definition) is 4. The molecular formula is C10H11N3S. The van der Waals surface area contributed by atoms with E-state index in [0.717, 1.165) is 17.1 Å². The molecule has 2 aromatic heterocycles. The van der Waals surface area contributed by atoms with E-state index in [9.17, 15) is 0 Å². The summed E-state index contributed by atoms with van der Waals surface area (Å²) in [7, 11) is 1.84. The Hall–Kier alpha value is -1.42. The van der Waals surface area contributed by atoms with Crippen LogP contribution in [0.5, 0.6) is 0 Å². The van der Waals surface area contributed by atoms with Gasteiger partial charge < -0.3 is 5.32 Å². The summed E-state index contributed by atoms with van der Waals surface area (Å²) in [5.41, 5.74) is 2.05. The Morgan fingerprint density at radius 3 is 2.86 bits per heavy atom. The summed E-state index contributed by atoms with van der Waals surface area (Å²) in [6.45, 7) is 2.09. The lowest BCUT2D eigenvalue weighted by atomic mass is 10.2. The average Bonchev–Trinajstić information content (AvgIpc) is 2.65. The van der Waals surface area contributed by atoms with Gasteiger partial charge in [0.25, 0.3) is 0 Å². The second-order valence-electron chi connectivity index (χ2n) is 2.99. The minimum absolute atomic E-state index is 0.798. The van der Waals surface area contributed by atoms with Gasteiger partial charge in [-0.15, -0.1) is 11.3 Å². The maximum Gasteiger partial charge on any atom is 0.144 e. The van der Waals surface area contributed by atoms with Crippen molar-refractivity contribution < 1.29 is 0 Å². The number of nitrogens with one attached hydrogen (secondary N) is 1. The van der Waals surface area contributed by atoms with E-state index in [1.165, 1.54) is 4.88 Å². The molecule has 0 aliphatic rings. The Labute approximate surface area is 86.8 Å². The Bertz CT molecular complexity index is 436. The van der Waals surface area contributed by atoms with Gasteiger partial charge in [-0.05, 0) is 13.0 Å². The number of aryl methyl sites for hydroxylation is 1. The summed E-state index contributed by atoms with van der Waals surface area (Å²) in [5.74, 6) is 0.798. The van der Waals surface area contributed by atoms with Crippen LogP contribution < -0.4 is 5.32 Å². The highest BCUT2D eigenvalue weighted by molar-refractivity contribution is 7.10. The van der Waals surface area contributed by atoms with E-state index in [-0.39, 0.29) is 0 Å². The lowest BCUT2D eigenvalue weighted by Gasteiger charge is -2.00. The van der Waals surface area contributed by atoms with Gasteiger partial charge in [0.05, 0.1) is 18.1 Å². The van der Waals surface area contributed by atoms with Crippen LogP contribution in [0.15, 0.2) is 23.8 Å². The van der Waals surface area contributed by atoms with Crippen molar-refractivity contribution in [2.24, 2.45) is 0 Å². The maximum absolute atomic E-state index is 4.41. The molecule has 0 aliphatic heterocycles. The summed E-state index contributed by atoms with van der Waals surface area (Å²) in [6.07, 6.45) is 3.49. The lowest BCUT2D eigenvalue weighted by Crippen LogP contribution is -1.94. The van der Waals surface area contributed by atoms with Gasteiger partial charge in [-0.25, -0.2) is 4.98 Å². The minimum atomic E-state index is 0.798. The Morgan fingerprint density at radius 2 is 2.21 bits per heavy atom. The molecule has 0 fully saturated rings. The fraction of sp³-hybridized carbons (Fsp3) is 0.200. The lowest BCUT2D eigenvalue weighted by molar-refractivity contribution is 1.19. The van der Waals surface area contributed by atoms with E-state index in [1.807, 2.05) is 7.05 Å². The number of nitrogens with zero attached hydrogens (tertiary/aromatic N) is 2. The van der Waals surface area contributed by atoms with Crippen molar-refractivity contribution in [3.8, 4) is 11.3 Å². The van der Waals surface area contributed by atoms with Crippen molar-refractivity contribution in [2.45, 2.75) is 6.92 Å². The zero-order chi connectivity index (χ0) is 9.97. The van der Waals surface area contributed by atoms with Crippen molar-refractivity contribution in [3.63, 3.8) is 0 Å². The van der Waals surface area contributed by atoms with Crippen LogP contribution in [0.25, 0.3) is 11.3 Å². The molecule has 0 unspecified atom stereocenters. The summed E-state index contributed by atoms with van der Waals surface area (Å²) in [4.78, 5) is 9.82. The number of aromatic nitrogens is 2. The first-order valence-electron chi connectivity index (χ1n) is 4.35. The molecule has 0 aliphatic carbocycles. The number of thiophene rings is 1. The smallest absolute Gasteiger partial charge is 0.144 e. The van der Waals surface area contributed by atoms with Crippen molar-refractivity contribution in [1.29, 1.82) is 0 Å². The molecular weight excluding hydrogens is 194 g/mol. The molecule has 0 atom stereocenters. The molecule has 0 bridgehead atoms. The van der Waals surface area contributed by atoms with Gasteiger partial charge in [0, 0.05) is 22.9 Å². The van der Waals surface area contributed by atoms with Gasteiger partial charge in [-0.3, -0.25) is 4.98 Å². The molecule has 0 aromatic carbocycles. The molecule has 0 saturated heterocycles. The minimum Gasteiger partial charge on any atom is -0.372 e. The molecule has 2 aromatic rings. The first-order valence-corrected chi connectivity index (χ1v) is 5.23. The summed E-state index contributed by atoms with van der Waals surface area (Å²) in [6, 6.07) is 2.12. The van der Waals surface area contributed by atoms with E-state index in [1.54, 1.807) is 23.7 Å². The van der Waals surface area contributed by atoms with Gasteiger partial charge in [0.1, 0.15) is 5.82 Å². The number of anilines is 1. The molecule has 14 heavy (non-hydrogen) atoms. The molecule has 3 nitrogen and oxygen atoms in total. The third kappa shape index (κ3) is 1.75. The largest absolute Gasteiger partial charge is 0.372 e. The van der Waals surface area contributed by atoms with E-state index in [2.05, 4.69) is 33.7 Å². The summed E-state index contributed by atoms with van der Waals surface area (Å²) < 4.78 is 0. The van der Waals surface area contributed by atoms with Crippen LogP contribution in [-0.2, 0) is 0 Å². The second kappa shape index (κ2) is 3.75.